The van der Waals surface area contributed by atoms with Crippen LogP contribution in [0.15, 0.2) is 29.8 Å². The van der Waals surface area contributed by atoms with Gasteiger partial charge in [0.15, 0.2) is 0 Å². The minimum Gasteiger partial charge on any atom is -0.481 e. The maximum Gasteiger partial charge on any atom is 0.307 e. The summed E-state index contributed by atoms with van der Waals surface area (Å²) in [6, 6.07) is 4.71. The Kier molecular flexibility index (Phi) is 4.91. The summed E-state index contributed by atoms with van der Waals surface area (Å²) < 4.78 is 0. The fourth-order valence-corrected chi connectivity index (χ4v) is 3.00. The number of hydrogen-bond donors (Lipinski definition) is 2. The number of carboxylic acid groups (broad SMARTS) is 1. The first kappa shape index (κ1) is 15.9. The van der Waals surface area contributed by atoms with Crippen LogP contribution in [0, 0.1) is 11.8 Å². The van der Waals surface area contributed by atoms with Crippen LogP contribution in [0.1, 0.15) is 19.8 Å². The lowest BCUT2D eigenvalue weighted by Gasteiger charge is -2.26. The lowest BCUT2D eigenvalue weighted by atomic mass is 9.79. The van der Waals surface area contributed by atoms with E-state index >= 15 is 0 Å². The first-order chi connectivity index (χ1) is 9.86. The third-order valence-electron chi connectivity index (χ3n) is 3.53. The molecule has 1 aliphatic carbocycles. The molecule has 4 nitrogen and oxygen atoms in total. The van der Waals surface area contributed by atoms with E-state index in [0.29, 0.717) is 28.6 Å². The standard InChI is InChI=1S/C15H15Cl2NO3/c1-8-2-3-12(15(20)21)13(4-8)14(19)18-11-6-9(16)5-10(17)7-11/h2,5-7,12-13H,3-4H2,1H3,(H,18,19)(H,20,21)/t12-,13-/m1/s1. The Morgan fingerprint density at radius 2 is 1.81 bits per heavy atom. The molecule has 0 spiro atoms. The number of aliphatic carboxylic acids is 1. The third kappa shape index (κ3) is 3.99. The van der Waals surface area contributed by atoms with Crippen LogP contribution < -0.4 is 5.32 Å². The molecular weight excluding hydrogens is 313 g/mol. The van der Waals surface area contributed by atoms with Crippen molar-refractivity contribution >= 4 is 40.8 Å². The Labute approximate surface area is 132 Å². The molecule has 0 unspecified atom stereocenters. The molecule has 0 bridgehead atoms. The molecule has 0 saturated carbocycles. The highest BCUT2D eigenvalue weighted by atomic mass is 35.5. The monoisotopic (exact) mass is 327 g/mol. The van der Waals surface area contributed by atoms with Crippen LogP contribution in [0.3, 0.4) is 0 Å². The van der Waals surface area contributed by atoms with E-state index in [4.69, 9.17) is 23.2 Å². The van der Waals surface area contributed by atoms with Crippen LogP contribution in [0.5, 0.6) is 0 Å². The highest BCUT2D eigenvalue weighted by molar-refractivity contribution is 6.35. The molecule has 1 aliphatic rings. The van der Waals surface area contributed by atoms with Crippen LogP contribution in [0.4, 0.5) is 5.69 Å². The summed E-state index contributed by atoms with van der Waals surface area (Å²) in [7, 11) is 0. The summed E-state index contributed by atoms with van der Waals surface area (Å²) in [4.78, 5) is 23.6. The van der Waals surface area contributed by atoms with Gasteiger partial charge in [-0.05, 0) is 38.0 Å². The molecule has 6 heteroatoms. The predicted molar refractivity (Wildman–Crippen MR) is 82.7 cm³/mol. The zero-order chi connectivity index (χ0) is 15.6. The van der Waals surface area contributed by atoms with Crippen LogP contribution >= 0.6 is 23.2 Å². The predicted octanol–water partition coefficient (Wildman–Crippen LogP) is 3.99. The first-order valence-corrected chi connectivity index (χ1v) is 7.28. The Morgan fingerprint density at radius 1 is 1.19 bits per heavy atom. The topological polar surface area (TPSA) is 66.4 Å². The van der Waals surface area contributed by atoms with Gasteiger partial charge in [0.1, 0.15) is 0 Å². The molecule has 0 fully saturated rings. The van der Waals surface area contributed by atoms with Crippen molar-refractivity contribution in [3.8, 4) is 0 Å². The largest absolute Gasteiger partial charge is 0.481 e. The lowest BCUT2D eigenvalue weighted by molar-refractivity contribution is -0.146. The summed E-state index contributed by atoms with van der Waals surface area (Å²) in [6.45, 7) is 1.90. The molecule has 0 heterocycles. The van der Waals surface area contributed by atoms with Crippen molar-refractivity contribution in [3.63, 3.8) is 0 Å². The van der Waals surface area contributed by atoms with Crippen LogP contribution in [0.2, 0.25) is 10.0 Å². The number of rotatable bonds is 3. The van der Waals surface area contributed by atoms with Gasteiger partial charge in [-0.3, -0.25) is 9.59 Å². The van der Waals surface area contributed by atoms with Gasteiger partial charge in [-0.25, -0.2) is 0 Å². The molecule has 1 amide bonds. The minimum atomic E-state index is -0.956. The average Bonchev–Trinajstić information content (AvgIpc) is 2.36. The third-order valence-corrected chi connectivity index (χ3v) is 3.97. The maximum atomic E-state index is 12.4. The zero-order valence-corrected chi connectivity index (χ0v) is 12.9. The fraction of sp³-hybridized carbons (Fsp3) is 0.333. The van der Waals surface area contributed by atoms with E-state index in [-0.39, 0.29) is 5.91 Å². The first-order valence-electron chi connectivity index (χ1n) is 6.52. The van der Waals surface area contributed by atoms with E-state index < -0.39 is 17.8 Å². The highest BCUT2D eigenvalue weighted by Crippen LogP contribution is 2.31. The van der Waals surface area contributed by atoms with Crippen molar-refractivity contribution in [2.75, 3.05) is 5.32 Å². The molecule has 0 saturated heterocycles. The van der Waals surface area contributed by atoms with Crippen LogP contribution in [-0.2, 0) is 9.59 Å². The molecular formula is C15H15Cl2NO3. The summed E-state index contributed by atoms with van der Waals surface area (Å²) in [6.07, 6.45) is 2.69. The van der Waals surface area contributed by atoms with Gasteiger partial charge in [0.25, 0.3) is 0 Å². The number of anilines is 1. The van der Waals surface area contributed by atoms with Crippen molar-refractivity contribution in [1.82, 2.24) is 0 Å². The number of halogens is 2. The van der Waals surface area contributed by atoms with E-state index in [1.54, 1.807) is 18.2 Å². The molecule has 21 heavy (non-hydrogen) atoms. The van der Waals surface area contributed by atoms with E-state index in [2.05, 4.69) is 5.32 Å². The average molecular weight is 328 g/mol. The van der Waals surface area contributed by atoms with E-state index in [0.717, 1.165) is 5.57 Å². The lowest BCUT2D eigenvalue weighted by Crippen LogP contribution is -2.35. The molecule has 2 rings (SSSR count). The van der Waals surface area contributed by atoms with Gasteiger partial charge in [0, 0.05) is 15.7 Å². The van der Waals surface area contributed by atoms with Gasteiger partial charge >= 0.3 is 5.97 Å². The zero-order valence-electron chi connectivity index (χ0n) is 11.4. The van der Waals surface area contributed by atoms with Gasteiger partial charge < -0.3 is 10.4 Å². The van der Waals surface area contributed by atoms with Gasteiger partial charge in [-0.2, -0.15) is 0 Å². The molecule has 0 aliphatic heterocycles. The van der Waals surface area contributed by atoms with Gasteiger partial charge in [0.2, 0.25) is 5.91 Å². The highest BCUT2D eigenvalue weighted by Gasteiger charge is 2.35. The van der Waals surface area contributed by atoms with Crippen LogP contribution in [0.25, 0.3) is 0 Å². The maximum absolute atomic E-state index is 12.4. The number of benzene rings is 1. The Balaban J connectivity index is 2.18. The second-order valence-electron chi connectivity index (χ2n) is 5.19. The van der Waals surface area contributed by atoms with E-state index in [1.807, 2.05) is 13.0 Å². The number of amides is 1. The second-order valence-corrected chi connectivity index (χ2v) is 6.06. The summed E-state index contributed by atoms with van der Waals surface area (Å²) >= 11 is 11.8. The quantitative estimate of drug-likeness (QED) is 0.825. The molecule has 0 radical (unpaired) electrons. The van der Waals surface area contributed by atoms with Crippen molar-refractivity contribution in [2.45, 2.75) is 19.8 Å². The Morgan fingerprint density at radius 3 is 2.38 bits per heavy atom. The van der Waals surface area contributed by atoms with Crippen molar-refractivity contribution < 1.29 is 14.7 Å². The van der Waals surface area contributed by atoms with Crippen molar-refractivity contribution in [1.29, 1.82) is 0 Å². The summed E-state index contributed by atoms with van der Waals surface area (Å²) in [5, 5.41) is 12.8. The molecule has 2 atom stereocenters. The van der Waals surface area contributed by atoms with E-state index in [1.165, 1.54) is 0 Å². The molecule has 1 aromatic carbocycles. The van der Waals surface area contributed by atoms with Crippen molar-refractivity contribution in [2.24, 2.45) is 11.8 Å². The van der Waals surface area contributed by atoms with Gasteiger partial charge in [-0.15, -0.1) is 0 Å². The second kappa shape index (κ2) is 6.50. The molecule has 2 N–H and O–H groups in total. The Bertz CT molecular complexity index is 593. The molecule has 112 valence electrons. The normalized spacial score (nSPS) is 21.6. The van der Waals surface area contributed by atoms with Gasteiger partial charge in [0.05, 0.1) is 11.8 Å². The number of hydrogen-bond acceptors (Lipinski definition) is 2. The SMILES string of the molecule is CC1=CC[C@@H](C(=O)O)[C@H](C(=O)Nc2cc(Cl)cc(Cl)c2)C1. The van der Waals surface area contributed by atoms with E-state index in [9.17, 15) is 14.7 Å². The number of carbonyl (C=O) groups excluding carboxylic acids is 1. The Hall–Kier alpha value is -1.52. The number of nitrogens with one attached hydrogen (secondary N) is 1. The minimum absolute atomic E-state index is 0.326. The van der Waals surface area contributed by atoms with Crippen molar-refractivity contribution in [3.05, 3.63) is 39.9 Å². The molecule has 0 aromatic heterocycles. The summed E-state index contributed by atoms with van der Waals surface area (Å²) in [5.74, 6) is -2.58. The number of carboxylic acids is 1. The number of allylic oxidation sites excluding steroid dienone is 2. The van der Waals surface area contributed by atoms with Gasteiger partial charge in [-0.1, -0.05) is 34.9 Å². The smallest absolute Gasteiger partial charge is 0.307 e. The summed E-state index contributed by atoms with van der Waals surface area (Å²) in [5.41, 5.74) is 1.49. The molecule has 1 aromatic rings. The number of carbonyl (C=O) groups is 2. The van der Waals surface area contributed by atoms with Crippen LogP contribution in [-0.4, -0.2) is 17.0 Å². The fourth-order valence-electron chi connectivity index (χ4n) is 2.47.